The van der Waals surface area contributed by atoms with Crippen LogP contribution >= 0.6 is 7.82 Å². The second-order valence-electron chi connectivity index (χ2n) is 13.7. The summed E-state index contributed by atoms with van der Waals surface area (Å²) in [7, 11) is -4.60. The summed E-state index contributed by atoms with van der Waals surface area (Å²) in [4.78, 5) is 34.8. The van der Waals surface area contributed by atoms with Crippen molar-refractivity contribution in [1.82, 2.24) is 0 Å². The maximum absolute atomic E-state index is 12.5. The van der Waals surface area contributed by atoms with E-state index in [9.17, 15) is 24.2 Å². The van der Waals surface area contributed by atoms with Crippen molar-refractivity contribution in [3.05, 3.63) is 0 Å². The van der Waals surface area contributed by atoms with Crippen molar-refractivity contribution < 1.29 is 47.8 Å². The number of rotatable bonds is 38. The Morgan fingerprint density at radius 3 is 1.27 bits per heavy atom. The molecule has 0 amide bonds. The number of aliphatic hydroxyl groups is 2. The van der Waals surface area contributed by atoms with Crippen molar-refractivity contribution in [3.63, 3.8) is 0 Å². The molecule has 0 saturated heterocycles. The van der Waals surface area contributed by atoms with Crippen LogP contribution in [0, 0.1) is 0 Å². The SMILES string of the molecule is CCCCCCCCCCCCCCCC(=O)OC[C@@H](COP(=O)(O)OC[C@@H](O)CO)OC(=O)CCCCCCCCCCCCCCC. The van der Waals surface area contributed by atoms with Gasteiger partial charge < -0.3 is 24.6 Å². The fourth-order valence-electron chi connectivity index (χ4n) is 5.64. The fraction of sp³-hybridized carbons (Fsp3) is 0.947. The summed E-state index contributed by atoms with van der Waals surface area (Å²) >= 11 is 0. The van der Waals surface area contributed by atoms with E-state index in [1.54, 1.807) is 0 Å². The lowest BCUT2D eigenvalue weighted by molar-refractivity contribution is -0.161. The average molecular weight is 723 g/mol. The zero-order valence-electron chi connectivity index (χ0n) is 31.4. The van der Waals surface area contributed by atoms with Gasteiger partial charge in [0.05, 0.1) is 19.8 Å². The Kier molecular flexibility index (Phi) is 34.6. The summed E-state index contributed by atoms with van der Waals surface area (Å²) in [5, 5.41) is 18.3. The molecule has 49 heavy (non-hydrogen) atoms. The van der Waals surface area contributed by atoms with E-state index in [4.69, 9.17) is 19.1 Å². The van der Waals surface area contributed by atoms with Gasteiger partial charge in [0.25, 0.3) is 0 Å². The predicted octanol–water partition coefficient (Wildman–Crippen LogP) is 9.89. The molecule has 3 N–H and O–H groups in total. The molecular weight excluding hydrogens is 647 g/mol. The lowest BCUT2D eigenvalue weighted by Gasteiger charge is -2.20. The Hall–Kier alpha value is -1.03. The fourth-order valence-corrected chi connectivity index (χ4v) is 6.43. The van der Waals surface area contributed by atoms with Crippen LogP contribution in [0.15, 0.2) is 0 Å². The lowest BCUT2D eigenvalue weighted by Crippen LogP contribution is -2.29. The standard InChI is InChI=1S/C38H75O10P/c1-3-5-7-9-11-13-15-17-19-21-23-25-27-29-37(41)45-33-36(34-47-49(43,44)46-32-35(40)31-39)48-38(42)30-28-26-24-22-20-18-16-14-12-10-8-6-4-2/h35-36,39-40H,3-34H2,1-2H3,(H,43,44)/t35-,36-/m0/s1. The van der Waals surface area contributed by atoms with E-state index < -0.39 is 51.8 Å². The molecule has 0 aromatic carbocycles. The molecule has 0 aliphatic rings. The number of aliphatic hydroxyl groups excluding tert-OH is 2. The van der Waals surface area contributed by atoms with E-state index in [0.29, 0.717) is 12.8 Å². The molecule has 0 spiro atoms. The van der Waals surface area contributed by atoms with E-state index in [-0.39, 0.29) is 19.4 Å². The van der Waals surface area contributed by atoms with Crippen LogP contribution in [0.2, 0.25) is 0 Å². The molecule has 292 valence electrons. The van der Waals surface area contributed by atoms with Crippen LogP contribution in [0.1, 0.15) is 194 Å². The third kappa shape index (κ3) is 35.2. The Balaban J connectivity index is 4.31. The quantitative estimate of drug-likeness (QED) is 0.0319. The van der Waals surface area contributed by atoms with Crippen molar-refractivity contribution in [3.8, 4) is 0 Å². The Morgan fingerprint density at radius 2 is 0.878 bits per heavy atom. The third-order valence-electron chi connectivity index (χ3n) is 8.76. The summed E-state index contributed by atoms with van der Waals surface area (Å²) in [6.07, 6.45) is 29.2. The second kappa shape index (κ2) is 35.4. The first-order valence-corrected chi connectivity index (χ1v) is 21.5. The minimum atomic E-state index is -4.60. The number of phosphoric ester groups is 1. The second-order valence-corrected chi connectivity index (χ2v) is 15.1. The third-order valence-corrected chi connectivity index (χ3v) is 9.71. The number of phosphoric acid groups is 1. The number of carbonyl (C=O) groups excluding carboxylic acids is 2. The van der Waals surface area contributed by atoms with Gasteiger partial charge in [-0.25, -0.2) is 4.57 Å². The molecule has 11 heteroatoms. The van der Waals surface area contributed by atoms with Gasteiger partial charge in [-0.15, -0.1) is 0 Å². The molecule has 0 bridgehead atoms. The summed E-state index contributed by atoms with van der Waals surface area (Å²) in [6.45, 7) is 2.39. The van der Waals surface area contributed by atoms with Gasteiger partial charge >= 0.3 is 19.8 Å². The van der Waals surface area contributed by atoms with Crippen LogP contribution in [0.5, 0.6) is 0 Å². The maximum atomic E-state index is 12.5. The first-order chi connectivity index (χ1) is 23.7. The first-order valence-electron chi connectivity index (χ1n) is 20.0. The number of ether oxygens (including phenoxy) is 2. The molecule has 0 aromatic rings. The Labute approximate surface area is 299 Å². The van der Waals surface area contributed by atoms with Gasteiger partial charge in [0, 0.05) is 12.8 Å². The number of hydrogen-bond acceptors (Lipinski definition) is 9. The van der Waals surface area contributed by atoms with Crippen LogP contribution in [-0.4, -0.2) is 65.7 Å². The molecule has 0 rings (SSSR count). The summed E-state index contributed by atoms with van der Waals surface area (Å²) < 4.78 is 32.6. The van der Waals surface area contributed by atoms with Gasteiger partial charge in [-0.2, -0.15) is 0 Å². The van der Waals surface area contributed by atoms with E-state index in [1.807, 2.05) is 0 Å². The van der Waals surface area contributed by atoms with Gasteiger partial charge in [-0.3, -0.25) is 18.6 Å². The minimum Gasteiger partial charge on any atom is -0.462 e. The molecular formula is C38H75O10P. The zero-order chi connectivity index (χ0) is 36.3. The smallest absolute Gasteiger partial charge is 0.462 e. The molecule has 0 aliphatic carbocycles. The van der Waals surface area contributed by atoms with Gasteiger partial charge in [0.15, 0.2) is 6.10 Å². The molecule has 10 nitrogen and oxygen atoms in total. The van der Waals surface area contributed by atoms with Crippen LogP contribution in [0.4, 0.5) is 0 Å². The molecule has 3 atom stereocenters. The highest BCUT2D eigenvalue weighted by Gasteiger charge is 2.27. The number of hydrogen-bond donors (Lipinski definition) is 3. The zero-order valence-corrected chi connectivity index (χ0v) is 32.3. The van der Waals surface area contributed by atoms with Crippen molar-refractivity contribution >= 4 is 19.8 Å². The van der Waals surface area contributed by atoms with Crippen LogP contribution < -0.4 is 0 Å². The predicted molar refractivity (Wildman–Crippen MR) is 196 cm³/mol. The first kappa shape index (κ1) is 48.0. The van der Waals surface area contributed by atoms with Crippen molar-refractivity contribution in [2.75, 3.05) is 26.4 Å². The van der Waals surface area contributed by atoms with Crippen LogP contribution in [-0.2, 0) is 32.7 Å². The molecule has 0 saturated carbocycles. The highest BCUT2D eigenvalue weighted by Crippen LogP contribution is 2.43. The molecule has 0 aromatic heterocycles. The largest absolute Gasteiger partial charge is 0.472 e. The topological polar surface area (TPSA) is 149 Å². The van der Waals surface area contributed by atoms with Crippen LogP contribution in [0.25, 0.3) is 0 Å². The van der Waals surface area contributed by atoms with Gasteiger partial charge in [-0.1, -0.05) is 168 Å². The van der Waals surface area contributed by atoms with Crippen LogP contribution in [0.3, 0.4) is 0 Å². The van der Waals surface area contributed by atoms with Gasteiger partial charge in [-0.05, 0) is 12.8 Å². The van der Waals surface area contributed by atoms with E-state index in [2.05, 4.69) is 18.4 Å². The lowest BCUT2D eigenvalue weighted by atomic mass is 10.0. The van der Waals surface area contributed by atoms with Gasteiger partial charge in [0.1, 0.15) is 12.7 Å². The molecule has 1 unspecified atom stereocenters. The minimum absolute atomic E-state index is 0.192. The van der Waals surface area contributed by atoms with E-state index in [1.165, 1.54) is 116 Å². The molecule has 0 radical (unpaired) electrons. The monoisotopic (exact) mass is 723 g/mol. The number of carbonyl (C=O) groups is 2. The van der Waals surface area contributed by atoms with Crippen molar-refractivity contribution in [2.24, 2.45) is 0 Å². The summed E-state index contributed by atoms with van der Waals surface area (Å²) in [6, 6.07) is 0. The van der Waals surface area contributed by atoms with Gasteiger partial charge in [0.2, 0.25) is 0 Å². The molecule has 0 aliphatic heterocycles. The Morgan fingerprint density at radius 1 is 0.531 bits per heavy atom. The summed E-state index contributed by atoms with van der Waals surface area (Å²) in [5.74, 6) is -0.913. The van der Waals surface area contributed by atoms with E-state index >= 15 is 0 Å². The molecule has 0 heterocycles. The number of unbranched alkanes of at least 4 members (excludes halogenated alkanes) is 24. The summed E-state index contributed by atoms with van der Waals surface area (Å²) in [5.41, 5.74) is 0. The van der Waals surface area contributed by atoms with Crippen molar-refractivity contribution in [2.45, 2.75) is 206 Å². The average Bonchev–Trinajstić information content (AvgIpc) is 3.09. The highest BCUT2D eigenvalue weighted by molar-refractivity contribution is 7.47. The number of esters is 2. The van der Waals surface area contributed by atoms with Crippen molar-refractivity contribution in [1.29, 1.82) is 0 Å². The Bertz CT molecular complexity index is 796. The normalized spacial score (nSPS) is 14.0. The maximum Gasteiger partial charge on any atom is 0.472 e. The molecule has 0 fully saturated rings. The van der Waals surface area contributed by atoms with E-state index in [0.717, 1.165) is 38.5 Å². The highest BCUT2D eigenvalue weighted by atomic mass is 31.2.